The minimum Gasteiger partial charge on any atom is -0.313 e. The lowest BCUT2D eigenvalue weighted by molar-refractivity contribution is 0.245. The molecule has 0 aliphatic rings. The Morgan fingerprint density at radius 3 is 1.05 bits per heavy atom. The van der Waals surface area contributed by atoms with Crippen LogP contribution in [0.15, 0.2) is 0 Å². The van der Waals surface area contributed by atoms with Gasteiger partial charge >= 0.3 is 0 Å². The van der Waals surface area contributed by atoms with Crippen LogP contribution < -0.4 is 21.3 Å². The van der Waals surface area contributed by atoms with Crippen LogP contribution in [0.4, 0.5) is 0 Å². The Morgan fingerprint density at radius 2 is 0.850 bits per heavy atom. The molecule has 0 saturated carbocycles. The number of rotatable bonds is 11. The van der Waals surface area contributed by atoms with Crippen molar-refractivity contribution < 1.29 is 0 Å². The normalized spacial score (nSPS) is 13.2. The fourth-order valence-electron chi connectivity index (χ4n) is 2.15. The highest BCUT2D eigenvalue weighted by Gasteiger charge is 2.30. The summed E-state index contributed by atoms with van der Waals surface area (Å²) >= 11 is 0. The Balaban J connectivity index is 4.84. The van der Waals surface area contributed by atoms with Gasteiger partial charge in [-0.25, -0.2) is 0 Å². The van der Waals surface area contributed by atoms with Crippen LogP contribution in [0.2, 0.25) is 0 Å². The maximum Gasteiger partial charge on any atom is 0.0560 e. The van der Waals surface area contributed by atoms with Crippen molar-refractivity contribution in [1.29, 1.82) is 0 Å². The van der Waals surface area contributed by atoms with Gasteiger partial charge in [-0.1, -0.05) is 55.4 Å². The highest BCUT2D eigenvalue weighted by atomic mass is 15.1. The van der Waals surface area contributed by atoms with E-state index < -0.39 is 0 Å². The van der Waals surface area contributed by atoms with Gasteiger partial charge in [-0.2, -0.15) is 0 Å². The highest BCUT2D eigenvalue weighted by molar-refractivity contribution is 4.96. The van der Waals surface area contributed by atoms with E-state index >= 15 is 0 Å². The van der Waals surface area contributed by atoms with Crippen LogP contribution in [0.3, 0.4) is 0 Å². The van der Waals surface area contributed by atoms with Crippen molar-refractivity contribution >= 4 is 0 Å². The molecule has 0 spiro atoms. The minimum absolute atomic E-state index is 0.0347. The molecule has 0 saturated heterocycles. The zero-order valence-corrected chi connectivity index (χ0v) is 14.9. The van der Waals surface area contributed by atoms with E-state index in [2.05, 4.69) is 76.7 Å². The van der Waals surface area contributed by atoms with Crippen LogP contribution in [0, 0.1) is 0 Å². The number of hydrogen-bond donors (Lipinski definition) is 4. The topological polar surface area (TPSA) is 48.1 Å². The van der Waals surface area contributed by atoms with E-state index in [-0.39, 0.29) is 5.54 Å². The van der Waals surface area contributed by atoms with Gasteiger partial charge in [-0.3, -0.25) is 0 Å². The van der Waals surface area contributed by atoms with E-state index in [1.165, 1.54) is 0 Å². The third-order valence-electron chi connectivity index (χ3n) is 3.14. The van der Waals surface area contributed by atoms with Crippen LogP contribution >= 0.6 is 0 Å². The summed E-state index contributed by atoms with van der Waals surface area (Å²) in [7, 11) is 0. The molecular formula is C16H38N4. The first-order chi connectivity index (χ1) is 9.17. The molecule has 0 unspecified atom stereocenters. The van der Waals surface area contributed by atoms with Crippen molar-refractivity contribution in [3.8, 4) is 0 Å². The molecule has 0 aliphatic carbocycles. The first-order valence-corrected chi connectivity index (χ1v) is 8.14. The molecule has 0 fully saturated rings. The first kappa shape index (κ1) is 19.8. The average molecular weight is 287 g/mol. The highest BCUT2D eigenvalue weighted by Crippen LogP contribution is 2.06. The lowest BCUT2D eigenvalue weighted by Gasteiger charge is -2.39. The van der Waals surface area contributed by atoms with Crippen LogP contribution in [0.1, 0.15) is 55.4 Å². The van der Waals surface area contributed by atoms with Gasteiger partial charge in [0.1, 0.15) is 0 Å². The Morgan fingerprint density at radius 1 is 0.550 bits per heavy atom. The van der Waals surface area contributed by atoms with E-state index in [1.54, 1.807) is 0 Å². The van der Waals surface area contributed by atoms with E-state index in [1.807, 2.05) is 0 Å². The molecule has 0 heterocycles. The second-order valence-corrected chi connectivity index (χ2v) is 7.19. The molecule has 0 radical (unpaired) electrons. The van der Waals surface area contributed by atoms with Gasteiger partial charge < -0.3 is 21.3 Å². The van der Waals surface area contributed by atoms with E-state index in [4.69, 9.17) is 0 Å². The summed E-state index contributed by atoms with van der Waals surface area (Å²) in [5.74, 6) is 0. The third kappa shape index (κ3) is 9.70. The molecule has 0 aromatic heterocycles. The SMILES string of the molecule is CC(C)NCC(CNC(C)C)(CNC(C)C)NC(C)C. The summed E-state index contributed by atoms with van der Waals surface area (Å²) in [6.45, 7) is 20.5. The molecule has 0 aliphatic heterocycles. The molecular weight excluding hydrogens is 248 g/mol. The van der Waals surface area contributed by atoms with Gasteiger partial charge in [-0.15, -0.1) is 0 Å². The largest absolute Gasteiger partial charge is 0.313 e. The van der Waals surface area contributed by atoms with Gasteiger partial charge in [0.25, 0.3) is 0 Å². The van der Waals surface area contributed by atoms with E-state index in [0.29, 0.717) is 24.2 Å². The Bertz CT molecular complexity index is 205. The lowest BCUT2D eigenvalue weighted by Crippen LogP contribution is -2.66. The van der Waals surface area contributed by atoms with Gasteiger partial charge in [0.05, 0.1) is 5.54 Å². The predicted octanol–water partition coefficient (Wildman–Crippen LogP) is 1.72. The zero-order valence-electron chi connectivity index (χ0n) is 14.9. The Labute approximate surface area is 126 Å². The fraction of sp³-hybridized carbons (Fsp3) is 1.00. The quantitative estimate of drug-likeness (QED) is 0.467. The second-order valence-electron chi connectivity index (χ2n) is 7.19. The maximum absolute atomic E-state index is 3.77. The molecule has 4 heteroatoms. The lowest BCUT2D eigenvalue weighted by atomic mass is 9.96. The molecule has 0 rings (SSSR count). The van der Waals surface area contributed by atoms with Crippen molar-refractivity contribution in [2.75, 3.05) is 19.6 Å². The van der Waals surface area contributed by atoms with Crippen LogP contribution in [-0.2, 0) is 0 Å². The van der Waals surface area contributed by atoms with Crippen LogP contribution in [0.5, 0.6) is 0 Å². The second kappa shape index (κ2) is 9.72. The summed E-state index contributed by atoms with van der Waals surface area (Å²) in [4.78, 5) is 0. The molecule has 4 N–H and O–H groups in total. The van der Waals surface area contributed by atoms with Gasteiger partial charge in [-0.05, 0) is 0 Å². The summed E-state index contributed by atoms with van der Waals surface area (Å²) in [5.41, 5.74) is 0.0347. The number of nitrogens with one attached hydrogen (secondary N) is 4. The van der Waals surface area contributed by atoms with E-state index in [0.717, 1.165) is 19.6 Å². The Kier molecular flexibility index (Phi) is 9.64. The maximum atomic E-state index is 3.77. The summed E-state index contributed by atoms with van der Waals surface area (Å²) in [6, 6.07) is 1.97. The summed E-state index contributed by atoms with van der Waals surface area (Å²) in [6.07, 6.45) is 0. The van der Waals surface area contributed by atoms with Crippen molar-refractivity contribution in [2.24, 2.45) is 0 Å². The molecule has 0 atom stereocenters. The molecule has 0 bridgehead atoms. The van der Waals surface area contributed by atoms with Crippen molar-refractivity contribution in [3.05, 3.63) is 0 Å². The molecule has 122 valence electrons. The smallest absolute Gasteiger partial charge is 0.0560 e. The standard InChI is InChI=1S/C16H38N4/c1-12(2)17-9-16(20-15(7)8,10-18-13(3)4)11-19-14(5)6/h12-15,17-20H,9-11H2,1-8H3. The molecule has 20 heavy (non-hydrogen) atoms. The van der Waals surface area contributed by atoms with Crippen LogP contribution in [0.25, 0.3) is 0 Å². The van der Waals surface area contributed by atoms with Crippen molar-refractivity contribution in [1.82, 2.24) is 21.3 Å². The fourth-order valence-corrected chi connectivity index (χ4v) is 2.15. The minimum atomic E-state index is 0.0347. The zero-order chi connectivity index (χ0) is 15.8. The van der Waals surface area contributed by atoms with Crippen molar-refractivity contribution in [3.63, 3.8) is 0 Å². The third-order valence-corrected chi connectivity index (χ3v) is 3.14. The van der Waals surface area contributed by atoms with Gasteiger partial charge in [0.15, 0.2) is 0 Å². The predicted molar refractivity (Wildman–Crippen MR) is 90.4 cm³/mol. The average Bonchev–Trinajstić information content (AvgIpc) is 2.30. The first-order valence-electron chi connectivity index (χ1n) is 8.14. The van der Waals surface area contributed by atoms with E-state index in [9.17, 15) is 0 Å². The molecule has 4 nitrogen and oxygen atoms in total. The molecule has 0 amide bonds. The number of hydrogen-bond acceptors (Lipinski definition) is 4. The summed E-state index contributed by atoms with van der Waals surface area (Å²) < 4.78 is 0. The monoisotopic (exact) mass is 286 g/mol. The Hall–Kier alpha value is -0.160. The molecule has 0 aromatic carbocycles. The molecule has 0 aromatic rings. The van der Waals surface area contributed by atoms with Crippen LogP contribution in [-0.4, -0.2) is 49.3 Å². The van der Waals surface area contributed by atoms with Crippen molar-refractivity contribution in [2.45, 2.75) is 85.1 Å². The summed E-state index contributed by atoms with van der Waals surface area (Å²) in [5, 5.41) is 14.6. The van der Waals surface area contributed by atoms with Gasteiger partial charge in [0, 0.05) is 43.8 Å². The van der Waals surface area contributed by atoms with Gasteiger partial charge in [0.2, 0.25) is 0 Å².